The zero-order valence-corrected chi connectivity index (χ0v) is 11.8. The highest BCUT2D eigenvalue weighted by atomic mass is 16.5. The van der Waals surface area contributed by atoms with Crippen LogP contribution in [0.1, 0.15) is 12.0 Å². The number of methoxy groups -OCH3 is 1. The average Bonchev–Trinajstić information content (AvgIpc) is 2.89. The zero-order chi connectivity index (χ0) is 15.2. The van der Waals surface area contributed by atoms with E-state index in [4.69, 9.17) is 10.00 Å². The van der Waals surface area contributed by atoms with Gasteiger partial charge in [0.15, 0.2) is 0 Å². The third kappa shape index (κ3) is 3.38. The summed E-state index contributed by atoms with van der Waals surface area (Å²) in [6.45, 7) is 1.17. The fraction of sp³-hybridized carbons (Fsp3) is 0.400. The smallest absolute Gasteiger partial charge is 0.227 e. The molecule has 1 aliphatic heterocycles. The fourth-order valence-corrected chi connectivity index (χ4v) is 2.34. The number of anilines is 1. The minimum absolute atomic E-state index is 0.135. The molecule has 0 bridgehead atoms. The van der Waals surface area contributed by atoms with Crippen molar-refractivity contribution in [2.24, 2.45) is 5.92 Å². The van der Waals surface area contributed by atoms with E-state index in [-0.39, 0.29) is 24.2 Å². The van der Waals surface area contributed by atoms with E-state index in [1.165, 1.54) is 4.90 Å². The van der Waals surface area contributed by atoms with Crippen molar-refractivity contribution in [3.63, 3.8) is 0 Å². The highest BCUT2D eigenvalue weighted by Gasteiger charge is 2.35. The lowest BCUT2D eigenvalue weighted by atomic mass is 10.1. The second-order valence-electron chi connectivity index (χ2n) is 4.82. The van der Waals surface area contributed by atoms with Gasteiger partial charge in [-0.3, -0.25) is 9.59 Å². The van der Waals surface area contributed by atoms with E-state index in [2.05, 4.69) is 11.4 Å². The van der Waals surface area contributed by atoms with Crippen molar-refractivity contribution in [3.05, 3.63) is 29.8 Å². The summed E-state index contributed by atoms with van der Waals surface area (Å²) < 4.78 is 4.87. The Morgan fingerprint density at radius 3 is 3.00 bits per heavy atom. The lowest BCUT2D eigenvalue weighted by molar-refractivity contribution is -0.126. The van der Waals surface area contributed by atoms with Crippen LogP contribution in [0.4, 0.5) is 5.69 Å². The van der Waals surface area contributed by atoms with Crippen LogP contribution in [-0.4, -0.2) is 38.6 Å². The molecule has 0 aliphatic carbocycles. The van der Waals surface area contributed by atoms with Crippen LogP contribution >= 0.6 is 0 Å². The first kappa shape index (κ1) is 15.0. The molecule has 0 saturated carbocycles. The molecule has 21 heavy (non-hydrogen) atoms. The Morgan fingerprint density at radius 2 is 2.29 bits per heavy atom. The first-order chi connectivity index (χ1) is 10.2. The molecule has 1 aliphatic rings. The molecule has 2 rings (SSSR count). The number of benzene rings is 1. The summed E-state index contributed by atoms with van der Waals surface area (Å²) in [5.41, 5.74) is 1.00. The van der Waals surface area contributed by atoms with Gasteiger partial charge in [0, 0.05) is 26.6 Å². The van der Waals surface area contributed by atoms with Gasteiger partial charge in [-0.2, -0.15) is 5.26 Å². The van der Waals surface area contributed by atoms with Gasteiger partial charge in [-0.15, -0.1) is 0 Å². The van der Waals surface area contributed by atoms with Crippen molar-refractivity contribution in [1.82, 2.24) is 5.32 Å². The molecule has 1 saturated heterocycles. The Kier molecular flexibility index (Phi) is 4.90. The number of amides is 2. The third-order valence-corrected chi connectivity index (χ3v) is 3.42. The molecule has 110 valence electrons. The van der Waals surface area contributed by atoms with Crippen molar-refractivity contribution in [1.29, 1.82) is 5.26 Å². The summed E-state index contributed by atoms with van der Waals surface area (Å²) >= 11 is 0. The van der Waals surface area contributed by atoms with Crippen molar-refractivity contribution in [2.75, 3.05) is 31.7 Å². The van der Waals surface area contributed by atoms with Gasteiger partial charge in [0.2, 0.25) is 11.8 Å². The monoisotopic (exact) mass is 287 g/mol. The molecule has 2 amide bonds. The number of nitrogens with zero attached hydrogens (tertiary/aromatic N) is 2. The Hall–Kier alpha value is -2.39. The average molecular weight is 287 g/mol. The molecule has 0 radical (unpaired) electrons. The third-order valence-electron chi connectivity index (χ3n) is 3.42. The summed E-state index contributed by atoms with van der Waals surface area (Å²) in [6.07, 6.45) is 0.165. The second-order valence-corrected chi connectivity index (χ2v) is 4.82. The zero-order valence-electron chi connectivity index (χ0n) is 11.8. The number of hydrogen-bond donors (Lipinski definition) is 1. The lowest BCUT2D eigenvalue weighted by Gasteiger charge is -2.17. The second kappa shape index (κ2) is 6.86. The normalized spacial score (nSPS) is 17.6. The van der Waals surface area contributed by atoms with E-state index >= 15 is 0 Å². The maximum absolute atomic E-state index is 12.1. The standard InChI is InChI=1S/C15H17N3O3/c1-21-7-6-17-15(20)12-8-14(19)18(10-12)13-5-3-2-4-11(13)9-16/h2-5,12H,6-8,10H2,1H3,(H,17,20). The lowest BCUT2D eigenvalue weighted by Crippen LogP contribution is -2.34. The maximum Gasteiger partial charge on any atom is 0.227 e. The summed E-state index contributed by atoms with van der Waals surface area (Å²) in [5.74, 6) is -0.678. The van der Waals surface area contributed by atoms with Crippen LogP contribution in [0.2, 0.25) is 0 Å². The predicted molar refractivity (Wildman–Crippen MR) is 76.5 cm³/mol. The summed E-state index contributed by atoms with van der Waals surface area (Å²) in [4.78, 5) is 25.6. The Morgan fingerprint density at radius 1 is 1.52 bits per heavy atom. The first-order valence-corrected chi connectivity index (χ1v) is 6.73. The molecular weight excluding hydrogens is 270 g/mol. The summed E-state index contributed by atoms with van der Waals surface area (Å²) in [5, 5.41) is 11.8. The Bertz CT molecular complexity index is 580. The minimum Gasteiger partial charge on any atom is -0.383 e. The van der Waals surface area contributed by atoms with E-state index in [9.17, 15) is 9.59 Å². The number of carbonyl (C=O) groups is 2. The molecule has 1 unspecified atom stereocenters. The van der Waals surface area contributed by atoms with Crippen LogP contribution in [-0.2, 0) is 14.3 Å². The molecule has 1 fully saturated rings. The van der Waals surface area contributed by atoms with Crippen molar-refractivity contribution >= 4 is 17.5 Å². The van der Waals surface area contributed by atoms with Crippen LogP contribution in [0.25, 0.3) is 0 Å². The molecule has 6 heteroatoms. The highest BCUT2D eigenvalue weighted by Crippen LogP contribution is 2.27. The molecule has 6 nitrogen and oxygen atoms in total. The molecule has 1 aromatic carbocycles. The van der Waals surface area contributed by atoms with E-state index < -0.39 is 0 Å². The fourth-order valence-electron chi connectivity index (χ4n) is 2.34. The molecule has 1 heterocycles. The van der Waals surface area contributed by atoms with E-state index in [1.54, 1.807) is 31.4 Å². The van der Waals surface area contributed by atoms with E-state index in [0.29, 0.717) is 30.9 Å². The van der Waals surface area contributed by atoms with E-state index in [0.717, 1.165) is 0 Å². The molecular formula is C15H17N3O3. The van der Waals surface area contributed by atoms with Gasteiger partial charge >= 0.3 is 0 Å². The Labute approximate surface area is 123 Å². The van der Waals surface area contributed by atoms with Gasteiger partial charge < -0.3 is 15.0 Å². The van der Waals surface area contributed by atoms with Crippen LogP contribution in [0.5, 0.6) is 0 Å². The number of rotatable bonds is 5. The van der Waals surface area contributed by atoms with Gasteiger partial charge in [0.25, 0.3) is 0 Å². The minimum atomic E-state index is -0.388. The molecule has 0 aromatic heterocycles. The molecule has 1 atom stereocenters. The van der Waals surface area contributed by atoms with Gasteiger partial charge in [-0.1, -0.05) is 12.1 Å². The number of carbonyl (C=O) groups excluding carboxylic acids is 2. The quantitative estimate of drug-likeness (QED) is 0.807. The van der Waals surface area contributed by atoms with Gasteiger partial charge in [0.05, 0.1) is 23.8 Å². The summed E-state index contributed by atoms with van der Waals surface area (Å²) in [7, 11) is 1.56. The van der Waals surface area contributed by atoms with Gasteiger partial charge in [-0.05, 0) is 12.1 Å². The largest absolute Gasteiger partial charge is 0.383 e. The number of para-hydroxylation sites is 1. The van der Waals surface area contributed by atoms with Crippen LogP contribution in [0.15, 0.2) is 24.3 Å². The number of hydrogen-bond acceptors (Lipinski definition) is 4. The first-order valence-electron chi connectivity index (χ1n) is 6.73. The maximum atomic E-state index is 12.1. The van der Waals surface area contributed by atoms with Crippen LogP contribution in [0.3, 0.4) is 0 Å². The number of ether oxygens (including phenoxy) is 1. The number of nitrogens with one attached hydrogen (secondary N) is 1. The summed E-state index contributed by atoms with van der Waals surface area (Å²) in [6, 6.07) is 8.97. The van der Waals surface area contributed by atoms with Crippen LogP contribution < -0.4 is 10.2 Å². The molecule has 1 aromatic rings. The van der Waals surface area contributed by atoms with Gasteiger partial charge in [-0.25, -0.2) is 0 Å². The topological polar surface area (TPSA) is 82.4 Å². The van der Waals surface area contributed by atoms with Crippen molar-refractivity contribution < 1.29 is 14.3 Å². The predicted octanol–water partition coefficient (Wildman–Crippen LogP) is 0.674. The number of nitriles is 1. The van der Waals surface area contributed by atoms with Crippen molar-refractivity contribution in [2.45, 2.75) is 6.42 Å². The van der Waals surface area contributed by atoms with Crippen LogP contribution in [0, 0.1) is 17.2 Å². The molecule has 0 spiro atoms. The van der Waals surface area contributed by atoms with Gasteiger partial charge in [0.1, 0.15) is 6.07 Å². The Balaban J connectivity index is 2.06. The van der Waals surface area contributed by atoms with E-state index in [1.807, 2.05) is 0 Å². The highest BCUT2D eigenvalue weighted by molar-refractivity contribution is 6.01. The SMILES string of the molecule is COCCNC(=O)C1CC(=O)N(c2ccccc2C#N)C1. The molecule has 1 N–H and O–H groups in total. The van der Waals surface area contributed by atoms with Crippen molar-refractivity contribution in [3.8, 4) is 6.07 Å².